The molecule has 28 heavy (non-hydrogen) atoms. The fraction of sp³-hybridized carbons (Fsp3) is 0.100. The van der Waals surface area contributed by atoms with E-state index in [1.54, 1.807) is 32.0 Å². The molecule has 0 aliphatic rings. The Labute approximate surface area is 162 Å². The Morgan fingerprint density at radius 3 is 2.43 bits per heavy atom. The molecule has 7 nitrogen and oxygen atoms in total. The van der Waals surface area contributed by atoms with Gasteiger partial charge < -0.3 is 8.94 Å². The third-order valence-corrected chi connectivity index (χ3v) is 5.80. The zero-order chi connectivity index (χ0) is 19.7. The molecule has 8 heteroatoms. The summed E-state index contributed by atoms with van der Waals surface area (Å²) in [4.78, 5) is 4.20. The first-order valence-corrected chi connectivity index (χ1v) is 9.99. The molecular formula is C20H17N3O4S. The second-order valence-electron chi connectivity index (χ2n) is 6.23. The first-order valence-electron chi connectivity index (χ1n) is 8.51. The van der Waals surface area contributed by atoms with Crippen molar-refractivity contribution in [2.45, 2.75) is 18.7 Å². The zero-order valence-electron chi connectivity index (χ0n) is 15.2. The van der Waals surface area contributed by atoms with Crippen molar-refractivity contribution in [1.82, 2.24) is 10.1 Å². The maximum atomic E-state index is 13.2. The van der Waals surface area contributed by atoms with Crippen molar-refractivity contribution >= 4 is 15.8 Å². The molecule has 0 saturated heterocycles. The van der Waals surface area contributed by atoms with Crippen molar-refractivity contribution in [2.75, 3.05) is 4.72 Å². The van der Waals surface area contributed by atoms with Crippen molar-refractivity contribution in [2.24, 2.45) is 0 Å². The Kier molecular flexibility index (Phi) is 4.48. The number of hydrogen-bond donors (Lipinski definition) is 1. The van der Waals surface area contributed by atoms with Gasteiger partial charge in [-0.2, -0.15) is 0 Å². The van der Waals surface area contributed by atoms with Crippen LogP contribution in [0, 0.1) is 13.8 Å². The molecule has 0 aliphatic heterocycles. The van der Waals surface area contributed by atoms with E-state index in [0.717, 1.165) is 5.56 Å². The zero-order valence-corrected chi connectivity index (χ0v) is 16.0. The summed E-state index contributed by atoms with van der Waals surface area (Å²) in [5.41, 5.74) is 2.52. The molecular weight excluding hydrogens is 378 g/mol. The van der Waals surface area contributed by atoms with E-state index in [9.17, 15) is 8.42 Å². The van der Waals surface area contributed by atoms with Crippen LogP contribution < -0.4 is 4.72 Å². The Balaban J connectivity index is 1.87. The molecule has 0 radical (unpaired) electrons. The van der Waals surface area contributed by atoms with Gasteiger partial charge in [-0.05, 0) is 31.5 Å². The van der Waals surface area contributed by atoms with Crippen molar-refractivity contribution in [3.63, 3.8) is 0 Å². The number of aromatic nitrogens is 2. The second kappa shape index (κ2) is 6.97. The highest BCUT2D eigenvalue weighted by Crippen LogP contribution is 2.33. The number of nitrogens with one attached hydrogen (secondary N) is 1. The first kappa shape index (κ1) is 18.0. The van der Waals surface area contributed by atoms with Crippen LogP contribution in [-0.2, 0) is 10.0 Å². The predicted octanol–water partition coefficient (Wildman–Crippen LogP) is 4.41. The minimum absolute atomic E-state index is 0.0921. The topological polar surface area (TPSA) is 98.2 Å². The number of oxazole rings is 1. The van der Waals surface area contributed by atoms with Crippen molar-refractivity contribution < 1.29 is 17.4 Å². The van der Waals surface area contributed by atoms with Crippen LogP contribution >= 0.6 is 0 Å². The van der Waals surface area contributed by atoms with Crippen LogP contribution in [-0.4, -0.2) is 18.6 Å². The van der Waals surface area contributed by atoms with E-state index in [2.05, 4.69) is 14.9 Å². The van der Waals surface area contributed by atoms with Crippen LogP contribution in [0.3, 0.4) is 0 Å². The lowest BCUT2D eigenvalue weighted by Crippen LogP contribution is -2.15. The van der Waals surface area contributed by atoms with Gasteiger partial charge in [0, 0.05) is 16.7 Å². The SMILES string of the molecule is Cc1onc(NS(=O)(=O)c2cc(-c3ncco3)ccc2-c2ccccc2)c1C. The maximum Gasteiger partial charge on any atom is 0.263 e. The van der Waals surface area contributed by atoms with Gasteiger partial charge in [0.15, 0.2) is 5.82 Å². The molecule has 0 atom stereocenters. The van der Waals surface area contributed by atoms with Crippen LogP contribution in [0.25, 0.3) is 22.6 Å². The highest BCUT2D eigenvalue weighted by molar-refractivity contribution is 7.92. The number of benzene rings is 2. The van der Waals surface area contributed by atoms with Gasteiger partial charge in [0.25, 0.3) is 10.0 Å². The molecule has 0 unspecified atom stereocenters. The van der Waals surface area contributed by atoms with E-state index in [4.69, 9.17) is 8.94 Å². The Morgan fingerprint density at radius 1 is 1.00 bits per heavy atom. The van der Waals surface area contributed by atoms with E-state index in [0.29, 0.717) is 28.3 Å². The summed E-state index contributed by atoms with van der Waals surface area (Å²) in [7, 11) is -3.96. The molecule has 2 aromatic carbocycles. The molecule has 0 bridgehead atoms. The van der Waals surface area contributed by atoms with Crippen molar-refractivity contribution in [1.29, 1.82) is 0 Å². The van der Waals surface area contributed by atoms with E-state index < -0.39 is 10.0 Å². The first-order chi connectivity index (χ1) is 13.5. The van der Waals surface area contributed by atoms with E-state index in [-0.39, 0.29) is 10.7 Å². The minimum Gasteiger partial charge on any atom is -0.445 e. The number of aryl methyl sites for hydroxylation is 1. The molecule has 142 valence electrons. The average Bonchev–Trinajstić information content (AvgIpc) is 3.34. The summed E-state index contributed by atoms with van der Waals surface area (Å²) < 4.78 is 39.4. The minimum atomic E-state index is -3.96. The quantitative estimate of drug-likeness (QED) is 0.537. The largest absolute Gasteiger partial charge is 0.445 e. The normalized spacial score (nSPS) is 11.5. The van der Waals surface area contributed by atoms with Gasteiger partial charge in [-0.25, -0.2) is 13.4 Å². The Hall–Kier alpha value is -3.39. The summed E-state index contributed by atoms with van der Waals surface area (Å²) >= 11 is 0. The van der Waals surface area contributed by atoms with Gasteiger partial charge in [-0.3, -0.25) is 4.72 Å². The summed E-state index contributed by atoms with van der Waals surface area (Å²) in [5, 5.41) is 3.80. The lowest BCUT2D eigenvalue weighted by Gasteiger charge is -2.13. The summed E-state index contributed by atoms with van der Waals surface area (Å²) in [6.45, 7) is 3.46. The monoisotopic (exact) mass is 395 g/mol. The number of hydrogen-bond acceptors (Lipinski definition) is 6. The third kappa shape index (κ3) is 3.29. The van der Waals surface area contributed by atoms with Crippen LogP contribution in [0.1, 0.15) is 11.3 Å². The summed E-state index contributed by atoms with van der Waals surface area (Å²) in [6, 6.07) is 14.3. The fourth-order valence-corrected chi connectivity index (χ4v) is 4.11. The summed E-state index contributed by atoms with van der Waals surface area (Å²) in [5.74, 6) is 1.05. The Morgan fingerprint density at radius 2 is 1.79 bits per heavy atom. The van der Waals surface area contributed by atoms with Crippen LogP contribution in [0.5, 0.6) is 0 Å². The van der Waals surface area contributed by atoms with Gasteiger partial charge in [-0.15, -0.1) is 0 Å². The van der Waals surface area contributed by atoms with Gasteiger partial charge in [0.2, 0.25) is 5.89 Å². The summed E-state index contributed by atoms with van der Waals surface area (Å²) in [6.07, 6.45) is 2.95. The molecule has 0 fully saturated rings. The second-order valence-corrected chi connectivity index (χ2v) is 7.88. The fourth-order valence-electron chi connectivity index (χ4n) is 2.80. The van der Waals surface area contributed by atoms with Crippen molar-refractivity contribution in [3.8, 4) is 22.6 Å². The molecule has 0 spiro atoms. The van der Waals surface area contributed by atoms with E-state index in [1.165, 1.54) is 12.5 Å². The number of nitrogens with zero attached hydrogens (tertiary/aromatic N) is 2. The van der Waals surface area contributed by atoms with E-state index >= 15 is 0 Å². The molecule has 4 rings (SSSR count). The highest BCUT2D eigenvalue weighted by atomic mass is 32.2. The van der Waals surface area contributed by atoms with Crippen LogP contribution in [0.2, 0.25) is 0 Å². The molecule has 0 amide bonds. The number of rotatable bonds is 5. The third-order valence-electron chi connectivity index (χ3n) is 4.42. The molecule has 0 aliphatic carbocycles. The standard InChI is InChI=1S/C20H17N3O4S/c1-13-14(2)27-22-19(13)23-28(24,25)18-12-16(20-21-10-11-26-20)8-9-17(18)15-6-4-3-5-7-15/h3-12H,1-2H3,(H,22,23). The maximum absolute atomic E-state index is 13.2. The van der Waals surface area contributed by atoms with Crippen molar-refractivity contribution in [3.05, 3.63) is 72.3 Å². The van der Waals surface area contributed by atoms with Crippen LogP contribution in [0.15, 0.2) is 74.8 Å². The van der Waals surface area contributed by atoms with E-state index in [1.807, 2.05) is 30.3 Å². The average molecular weight is 395 g/mol. The smallest absolute Gasteiger partial charge is 0.263 e. The number of sulfonamides is 1. The lowest BCUT2D eigenvalue weighted by atomic mass is 10.0. The number of anilines is 1. The Bertz CT molecular complexity index is 1210. The van der Waals surface area contributed by atoms with Gasteiger partial charge >= 0.3 is 0 Å². The molecule has 4 aromatic rings. The molecule has 2 aromatic heterocycles. The predicted molar refractivity (Wildman–Crippen MR) is 104 cm³/mol. The van der Waals surface area contributed by atoms with Gasteiger partial charge in [-0.1, -0.05) is 41.6 Å². The molecule has 2 heterocycles. The van der Waals surface area contributed by atoms with Gasteiger partial charge in [0.05, 0.1) is 11.1 Å². The highest BCUT2D eigenvalue weighted by Gasteiger charge is 2.24. The molecule has 1 N–H and O–H groups in total. The lowest BCUT2D eigenvalue weighted by molar-refractivity contribution is 0.399. The van der Waals surface area contributed by atoms with Crippen LogP contribution in [0.4, 0.5) is 5.82 Å². The van der Waals surface area contributed by atoms with Gasteiger partial charge in [0.1, 0.15) is 12.0 Å². The molecule has 0 saturated carbocycles.